The number of anilines is 1. The summed E-state index contributed by atoms with van der Waals surface area (Å²) in [4.78, 5) is 21.4. The number of thioether (sulfide) groups is 1. The minimum atomic E-state index is -0.0754. The van der Waals surface area contributed by atoms with Crippen LogP contribution in [0, 0.1) is 20.8 Å². The maximum atomic E-state index is 12.3. The lowest BCUT2D eigenvalue weighted by Gasteiger charge is -2.07. The number of aromatic nitrogens is 4. The second-order valence-electron chi connectivity index (χ2n) is 5.61. The quantitative estimate of drug-likeness (QED) is 0.739. The highest BCUT2D eigenvalue weighted by Crippen LogP contribution is 2.23. The van der Waals surface area contributed by atoms with Gasteiger partial charge < -0.3 is 5.32 Å². The lowest BCUT2D eigenvalue weighted by molar-refractivity contribution is -0.113. The van der Waals surface area contributed by atoms with Crippen LogP contribution in [0.2, 0.25) is 0 Å². The van der Waals surface area contributed by atoms with E-state index in [1.54, 1.807) is 4.68 Å². The largest absolute Gasteiger partial charge is 0.322 e. The first-order chi connectivity index (χ1) is 11.5. The summed E-state index contributed by atoms with van der Waals surface area (Å²) in [5.41, 5.74) is 5.07. The first-order valence-corrected chi connectivity index (χ1v) is 8.60. The number of carbonyl (C=O) groups is 1. The molecule has 124 valence electrons. The van der Waals surface area contributed by atoms with E-state index in [1.165, 1.54) is 11.8 Å². The van der Waals surface area contributed by atoms with Crippen molar-refractivity contribution in [2.24, 2.45) is 7.05 Å². The molecule has 0 bridgehead atoms. The van der Waals surface area contributed by atoms with E-state index in [-0.39, 0.29) is 11.7 Å². The Kier molecular flexibility index (Phi) is 4.53. The van der Waals surface area contributed by atoms with Gasteiger partial charge in [0.25, 0.3) is 0 Å². The molecule has 2 heterocycles. The molecule has 7 heteroatoms. The summed E-state index contributed by atoms with van der Waals surface area (Å²) < 4.78 is 1.76. The van der Waals surface area contributed by atoms with Crippen LogP contribution in [0.3, 0.4) is 0 Å². The summed E-state index contributed by atoms with van der Waals surface area (Å²) in [6.07, 6.45) is 0. The third kappa shape index (κ3) is 3.26. The van der Waals surface area contributed by atoms with Crippen molar-refractivity contribution in [1.82, 2.24) is 19.7 Å². The fourth-order valence-corrected chi connectivity index (χ4v) is 3.23. The summed E-state index contributed by atoms with van der Waals surface area (Å²) in [6.45, 7) is 5.73. The predicted octanol–water partition coefficient (Wildman–Crippen LogP) is 3.02. The van der Waals surface area contributed by atoms with Crippen LogP contribution in [0.4, 0.5) is 5.69 Å². The van der Waals surface area contributed by atoms with E-state index in [2.05, 4.69) is 20.4 Å². The van der Waals surface area contributed by atoms with Crippen LogP contribution in [0.25, 0.3) is 11.0 Å². The van der Waals surface area contributed by atoms with Crippen LogP contribution in [0.15, 0.2) is 29.3 Å². The fourth-order valence-electron chi connectivity index (χ4n) is 2.47. The average molecular weight is 341 g/mol. The molecular formula is C17H19N5OS. The van der Waals surface area contributed by atoms with E-state index >= 15 is 0 Å². The second kappa shape index (κ2) is 6.60. The van der Waals surface area contributed by atoms with Gasteiger partial charge in [0.2, 0.25) is 5.91 Å². The molecular weight excluding hydrogens is 322 g/mol. The minimum absolute atomic E-state index is 0.0754. The highest BCUT2D eigenvalue weighted by atomic mass is 32.2. The average Bonchev–Trinajstić information content (AvgIpc) is 2.79. The van der Waals surface area contributed by atoms with Crippen molar-refractivity contribution in [3.05, 3.63) is 41.3 Å². The van der Waals surface area contributed by atoms with Crippen molar-refractivity contribution >= 4 is 34.4 Å². The molecule has 2 aromatic heterocycles. The molecule has 0 unspecified atom stereocenters. The highest BCUT2D eigenvalue weighted by molar-refractivity contribution is 8.00. The number of amides is 1. The van der Waals surface area contributed by atoms with Crippen molar-refractivity contribution < 1.29 is 4.79 Å². The molecule has 1 N–H and O–H groups in total. The van der Waals surface area contributed by atoms with Crippen LogP contribution in [-0.4, -0.2) is 31.4 Å². The van der Waals surface area contributed by atoms with E-state index < -0.39 is 0 Å². The highest BCUT2D eigenvalue weighted by Gasteiger charge is 2.14. The minimum Gasteiger partial charge on any atom is -0.322 e. The molecule has 6 nitrogen and oxygen atoms in total. The molecule has 0 fully saturated rings. The molecule has 0 aliphatic carbocycles. The number of benzene rings is 1. The topological polar surface area (TPSA) is 72.7 Å². The third-order valence-electron chi connectivity index (χ3n) is 3.81. The molecule has 0 spiro atoms. The van der Waals surface area contributed by atoms with E-state index in [0.29, 0.717) is 0 Å². The van der Waals surface area contributed by atoms with Gasteiger partial charge in [-0.3, -0.25) is 9.48 Å². The number of hydrogen-bond donors (Lipinski definition) is 1. The molecule has 24 heavy (non-hydrogen) atoms. The predicted molar refractivity (Wildman–Crippen MR) is 96.3 cm³/mol. The monoisotopic (exact) mass is 341 g/mol. The van der Waals surface area contributed by atoms with E-state index in [9.17, 15) is 4.79 Å². The van der Waals surface area contributed by atoms with E-state index in [0.717, 1.165) is 38.8 Å². The van der Waals surface area contributed by atoms with Gasteiger partial charge in [-0.1, -0.05) is 23.9 Å². The summed E-state index contributed by atoms with van der Waals surface area (Å²) in [5.74, 6) is 0.204. The molecule has 0 atom stereocenters. The van der Waals surface area contributed by atoms with Crippen molar-refractivity contribution in [2.45, 2.75) is 25.8 Å². The van der Waals surface area contributed by atoms with Crippen molar-refractivity contribution in [3.63, 3.8) is 0 Å². The van der Waals surface area contributed by atoms with Gasteiger partial charge in [0.1, 0.15) is 5.03 Å². The van der Waals surface area contributed by atoms with E-state index in [1.807, 2.05) is 52.1 Å². The van der Waals surface area contributed by atoms with Crippen LogP contribution >= 0.6 is 11.8 Å². The fraction of sp³-hybridized carbons (Fsp3) is 0.294. The van der Waals surface area contributed by atoms with Gasteiger partial charge in [-0.15, -0.1) is 0 Å². The second-order valence-corrected chi connectivity index (χ2v) is 6.57. The number of rotatable bonds is 4. The van der Waals surface area contributed by atoms with Crippen molar-refractivity contribution in [2.75, 3.05) is 11.1 Å². The number of fused-ring (bicyclic) bond motifs is 1. The molecule has 1 aromatic carbocycles. The summed E-state index contributed by atoms with van der Waals surface area (Å²) in [6, 6.07) is 7.73. The maximum absolute atomic E-state index is 12.3. The zero-order valence-electron chi connectivity index (χ0n) is 14.1. The maximum Gasteiger partial charge on any atom is 0.234 e. The number of nitrogens with one attached hydrogen (secondary N) is 1. The Morgan fingerprint density at radius 2 is 1.79 bits per heavy atom. The van der Waals surface area contributed by atoms with Gasteiger partial charge in [0.05, 0.1) is 39.6 Å². The lowest BCUT2D eigenvalue weighted by Crippen LogP contribution is -2.15. The first-order valence-electron chi connectivity index (χ1n) is 7.62. The van der Waals surface area contributed by atoms with E-state index in [4.69, 9.17) is 0 Å². The number of carbonyl (C=O) groups excluding carboxylic acids is 1. The van der Waals surface area contributed by atoms with Crippen LogP contribution in [0.5, 0.6) is 0 Å². The van der Waals surface area contributed by atoms with Crippen molar-refractivity contribution in [3.8, 4) is 0 Å². The van der Waals surface area contributed by atoms with Crippen molar-refractivity contribution in [1.29, 1.82) is 0 Å². The normalized spacial score (nSPS) is 11.0. The Hall–Kier alpha value is -2.41. The molecule has 0 aliphatic heterocycles. The van der Waals surface area contributed by atoms with Crippen LogP contribution < -0.4 is 5.32 Å². The van der Waals surface area contributed by atoms with Gasteiger partial charge in [-0.25, -0.2) is 9.97 Å². The Balaban J connectivity index is 1.71. The number of aryl methyl sites for hydroxylation is 3. The zero-order valence-corrected chi connectivity index (χ0v) is 14.9. The Labute approximate surface area is 144 Å². The van der Waals surface area contributed by atoms with Gasteiger partial charge in [-0.2, -0.15) is 5.10 Å². The Morgan fingerprint density at radius 3 is 2.42 bits per heavy atom. The molecule has 0 aliphatic rings. The SMILES string of the molecule is Cc1nc2ccccc2nc1SCC(=O)Nc1c(C)nn(C)c1C. The number of nitrogens with zero attached hydrogens (tertiary/aromatic N) is 4. The third-order valence-corrected chi connectivity index (χ3v) is 4.88. The molecule has 1 amide bonds. The summed E-state index contributed by atoms with van der Waals surface area (Å²) in [5, 5.41) is 8.02. The zero-order chi connectivity index (χ0) is 17.3. The molecule has 3 rings (SSSR count). The van der Waals surface area contributed by atoms with Gasteiger partial charge in [-0.05, 0) is 32.9 Å². The van der Waals surface area contributed by atoms with Gasteiger partial charge >= 0.3 is 0 Å². The van der Waals surface area contributed by atoms with Crippen LogP contribution in [0.1, 0.15) is 17.1 Å². The van der Waals surface area contributed by atoms with Gasteiger partial charge in [0.15, 0.2) is 0 Å². The summed E-state index contributed by atoms with van der Waals surface area (Å²) >= 11 is 1.39. The van der Waals surface area contributed by atoms with Crippen LogP contribution in [-0.2, 0) is 11.8 Å². The molecule has 3 aromatic rings. The first kappa shape index (κ1) is 16.4. The molecule has 0 saturated heterocycles. The number of hydrogen-bond acceptors (Lipinski definition) is 5. The molecule has 0 radical (unpaired) electrons. The Bertz CT molecular complexity index is 919. The molecule has 0 saturated carbocycles. The number of para-hydroxylation sites is 2. The Morgan fingerprint density at radius 1 is 1.12 bits per heavy atom. The van der Waals surface area contributed by atoms with Gasteiger partial charge in [0, 0.05) is 7.05 Å². The standard InChI is InChI=1S/C17H19N5OS/c1-10-16(12(3)22(4)21-10)20-15(23)9-24-17-11(2)18-13-7-5-6-8-14(13)19-17/h5-8H,9H2,1-4H3,(H,20,23). The summed E-state index contributed by atoms with van der Waals surface area (Å²) in [7, 11) is 1.86. The lowest BCUT2D eigenvalue weighted by atomic mass is 10.3. The smallest absolute Gasteiger partial charge is 0.234 e.